The maximum atomic E-state index is 12.4. The molecular formula is C6H10F2O2. The smallest absolute Gasteiger partial charge is 0.250 e. The summed E-state index contributed by atoms with van der Waals surface area (Å²) < 4.78 is 24.7. The molecule has 0 aromatic rings. The second-order valence-electron chi connectivity index (χ2n) is 2.73. The third-order valence-electron chi connectivity index (χ3n) is 1.76. The monoisotopic (exact) mass is 152 g/mol. The molecule has 0 amide bonds. The molecule has 0 radical (unpaired) electrons. The van der Waals surface area contributed by atoms with Crippen molar-refractivity contribution in [1.82, 2.24) is 0 Å². The Morgan fingerprint density at radius 3 is 2.20 bits per heavy atom. The summed E-state index contributed by atoms with van der Waals surface area (Å²) in [7, 11) is 0. The molecule has 0 heterocycles. The molecule has 2 atom stereocenters. The van der Waals surface area contributed by atoms with Crippen molar-refractivity contribution in [1.29, 1.82) is 0 Å². The number of aliphatic hydroxyl groups excluding tert-OH is 2. The van der Waals surface area contributed by atoms with Crippen LogP contribution in [0.15, 0.2) is 0 Å². The van der Waals surface area contributed by atoms with Crippen LogP contribution in [0.4, 0.5) is 8.78 Å². The van der Waals surface area contributed by atoms with Crippen molar-refractivity contribution in [3.05, 3.63) is 0 Å². The van der Waals surface area contributed by atoms with E-state index in [1.807, 2.05) is 0 Å². The minimum atomic E-state index is -2.78. The fraction of sp³-hybridized carbons (Fsp3) is 1.00. The molecule has 0 saturated heterocycles. The Morgan fingerprint density at radius 1 is 1.20 bits per heavy atom. The predicted molar refractivity (Wildman–Crippen MR) is 30.8 cm³/mol. The molecule has 0 bridgehead atoms. The van der Waals surface area contributed by atoms with Crippen LogP contribution in [0.2, 0.25) is 0 Å². The first-order chi connectivity index (χ1) is 4.51. The van der Waals surface area contributed by atoms with Crippen molar-refractivity contribution >= 4 is 0 Å². The molecular weight excluding hydrogens is 142 g/mol. The maximum Gasteiger partial charge on any atom is 0.250 e. The summed E-state index contributed by atoms with van der Waals surface area (Å²) in [5, 5.41) is 17.6. The van der Waals surface area contributed by atoms with E-state index in [4.69, 9.17) is 10.2 Å². The van der Waals surface area contributed by atoms with E-state index >= 15 is 0 Å². The normalized spacial score (nSPS) is 39.6. The van der Waals surface area contributed by atoms with Crippen molar-refractivity contribution in [2.75, 3.05) is 0 Å². The Labute approximate surface area is 57.5 Å². The Bertz CT molecular complexity index is 127. The minimum absolute atomic E-state index is 0.00579. The van der Waals surface area contributed by atoms with Gasteiger partial charge in [0.1, 0.15) is 0 Å². The highest BCUT2D eigenvalue weighted by molar-refractivity contribution is 4.83. The van der Waals surface area contributed by atoms with Gasteiger partial charge in [-0.1, -0.05) is 0 Å². The van der Waals surface area contributed by atoms with E-state index in [-0.39, 0.29) is 12.8 Å². The lowest BCUT2D eigenvalue weighted by Crippen LogP contribution is -2.39. The Kier molecular flexibility index (Phi) is 1.92. The van der Waals surface area contributed by atoms with Gasteiger partial charge in [-0.25, -0.2) is 8.78 Å². The first kappa shape index (κ1) is 7.88. The summed E-state index contributed by atoms with van der Waals surface area (Å²) >= 11 is 0. The standard InChI is InChI=1S/C6H10F2O2/c7-6(8)2-1-4(9)5(10)3-6/h4-5,9-10H,1-3H2/t4-,5+/m0/s1. The van der Waals surface area contributed by atoms with Crippen LogP contribution in [-0.2, 0) is 0 Å². The van der Waals surface area contributed by atoms with Crippen LogP contribution < -0.4 is 0 Å². The highest BCUT2D eigenvalue weighted by Gasteiger charge is 2.39. The van der Waals surface area contributed by atoms with Gasteiger partial charge in [-0.3, -0.25) is 0 Å². The number of alkyl halides is 2. The van der Waals surface area contributed by atoms with Gasteiger partial charge in [0.25, 0.3) is 5.92 Å². The highest BCUT2D eigenvalue weighted by Crippen LogP contribution is 2.33. The lowest BCUT2D eigenvalue weighted by atomic mass is 9.92. The molecule has 1 fully saturated rings. The fourth-order valence-corrected chi connectivity index (χ4v) is 1.10. The van der Waals surface area contributed by atoms with E-state index in [2.05, 4.69) is 0 Å². The summed E-state index contributed by atoms with van der Waals surface area (Å²) in [4.78, 5) is 0. The van der Waals surface area contributed by atoms with Crippen LogP contribution in [0.1, 0.15) is 19.3 Å². The van der Waals surface area contributed by atoms with Gasteiger partial charge in [-0.15, -0.1) is 0 Å². The summed E-state index contributed by atoms with van der Waals surface area (Å²) in [6.07, 6.45) is -3.13. The van der Waals surface area contributed by atoms with Gasteiger partial charge in [-0.05, 0) is 6.42 Å². The van der Waals surface area contributed by atoms with Crippen molar-refractivity contribution in [2.24, 2.45) is 0 Å². The molecule has 0 aromatic carbocycles. The molecule has 60 valence electrons. The molecule has 1 rings (SSSR count). The first-order valence-corrected chi connectivity index (χ1v) is 3.25. The predicted octanol–water partition coefficient (Wildman–Crippen LogP) is 0.527. The van der Waals surface area contributed by atoms with Gasteiger partial charge >= 0.3 is 0 Å². The molecule has 0 aromatic heterocycles. The number of halogens is 2. The third-order valence-corrected chi connectivity index (χ3v) is 1.76. The van der Waals surface area contributed by atoms with E-state index in [0.717, 1.165) is 0 Å². The van der Waals surface area contributed by atoms with Gasteiger partial charge < -0.3 is 10.2 Å². The van der Waals surface area contributed by atoms with E-state index in [9.17, 15) is 8.78 Å². The topological polar surface area (TPSA) is 40.5 Å². The molecule has 0 aliphatic heterocycles. The van der Waals surface area contributed by atoms with E-state index in [1.165, 1.54) is 0 Å². The van der Waals surface area contributed by atoms with Crippen molar-refractivity contribution in [3.63, 3.8) is 0 Å². The Balaban J connectivity index is 2.49. The average Bonchev–Trinajstić information content (AvgIpc) is 1.79. The fourth-order valence-electron chi connectivity index (χ4n) is 1.10. The molecule has 10 heavy (non-hydrogen) atoms. The number of hydrogen-bond acceptors (Lipinski definition) is 2. The van der Waals surface area contributed by atoms with Crippen LogP contribution >= 0.6 is 0 Å². The molecule has 1 aliphatic rings. The van der Waals surface area contributed by atoms with Gasteiger partial charge in [0.05, 0.1) is 12.2 Å². The summed E-state index contributed by atoms with van der Waals surface area (Å²) in [6.45, 7) is 0. The molecule has 0 unspecified atom stereocenters. The maximum absolute atomic E-state index is 12.4. The molecule has 4 heteroatoms. The zero-order valence-corrected chi connectivity index (χ0v) is 5.43. The second-order valence-corrected chi connectivity index (χ2v) is 2.73. The zero-order valence-electron chi connectivity index (χ0n) is 5.43. The van der Waals surface area contributed by atoms with E-state index in [1.54, 1.807) is 0 Å². The lowest BCUT2D eigenvalue weighted by molar-refractivity contribution is -0.121. The molecule has 2 N–H and O–H groups in total. The van der Waals surface area contributed by atoms with Crippen LogP contribution in [0, 0.1) is 0 Å². The largest absolute Gasteiger partial charge is 0.390 e. The Hall–Kier alpha value is -0.220. The van der Waals surface area contributed by atoms with Crippen LogP contribution in [0.3, 0.4) is 0 Å². The molecule has 1 saturated carbocycles. The molecule has 2 nitrogen and oxygen atoms in total. The van der Waals surface area contributed by atoms with Crippen LogP contribution in [0.25, 0.3) is 0 Å². The van der Waals surface area contributed by atoms with Crippen molar-refractivity contribution in [2.45, 2.75) is 37.4 Å². The van der Waals surface area contributed by atoms with E-state index in [0.29, 0.717) is 0 Å². The summed E-state index contributed by atoms with van der Waals surface area (Å²) in [6, 6.07) is 0. The summed E-state index contributed by atoms with van der Waals surface area (Å²) in [5.41, 5.74) is 0. The second kappa shape index (κ2) is 2.43. The molecule has 0 spiro atoms. The van der Waals surface area contributed by atoms with Gasteiger partial charge in [0, 0.05) is 12.8 Å². The average molecular weight is 152 g/mol. The van der Waals surface area contributed by atoms with Crippen molar-refractivity contribution in [3.8, 4) is 0 Å². The van der Waals surface area contributed by atoms with E-state index < -0.39 is 24.6 Å². The SMILES string of the molecule is O[C@@H]1CC(F)(F)CC[C@@H]1O. The van der Waals surface area contributed by atoms with Gasteiger partial charge in [-0.2, -0.15) is 0 Å². The van der Waals surface area contributed by atoms with Crippen molar-refractivity contribution < 1.29 is 19.0 Å². The third kappa shape index (κ3) is 1.64. The number of rotatable bonds is 0. The van der Waals surface area contributed by atoms with Crippen LogP contribution in [0.5, 0.6) is 0 Å². The van der Waals surface area contributed by atoms with Gasteiger partial charge in [0.15, 0.2) is 0 Å². The van der Waals surface area contributed by atoms with Crippen LogP contribution in [-0.4, -0.2) is 28.3 Å². The first-order valence-electron chi connectivity index (χ1n) is 3.25. The molecule has 1 aliphatic carbocycles. The zero-order chi connectivity index (χ0) is 7.78. The Morgan fingerprint density at radius 2 is 1.80 bits per heavy atom. The summed E-state index contributed by atoms with van der Waals surface area (Å²) in [5.74, 6) is -2.78. The minimum Gasteiger partial charge on any atom is -0.390 e. The van der Waals surface area contributed by atoms with Gasteiger partial charge in [0.2, 0.25) is 0 Å². The highest BCUT2D eigenvalue weighted by atomic mass is 19.3. The lowest BCUT2D eigenvalue weighted by Gasteiger charge is -2.29. The quantitative estimate of drug-likeness (QED) is 0.531. The number of aliphatic hydroxyl groups is 2. The number of hydrogen-bond donors (Lipinski definition) is 2.